The number of anilines is 1. The average molecular weight is 271 g/mol. The molecule has 1 amide bonds. The van der Waals surface area contributed by atoms with Gasteiger partial charge in [-0.3, -0.25) is 9.59 Å². The van der Waals surface area contributed by atoms with Crippen LogP contribution in [0.5, 0.6) is 5.75 Å². The Morgan fingerprint density at radius 2 is 2.20 bits per heavy atom. The van der Waals surface area contributed by atoms with Gasteiger partial charge in [0.2, 0.25) is 11.7 Å². The number of hydrogen-bond donors (Lipinski definition) is 1. The Balaban J connectivity index is 1.68. The number of furan rings is 1. The molecule has 5 nitrogen and oxygen atoms in total. The third kappa shape index (κ3) is 2.56. The number of aryl methyl sites for hydroxylation is 1. The van der Waals surface area contributed by atoms with Crippen LogP contribution in [0.25, 0.3) is 0 Å². The number of fused-ring (bicyclic) bond motifs is 1. The van der Waals surface area contributed by atoms with E-state index in [1.807, 2.05) is 6.07 Å². The molecule has 1 aliphatic rings. The minimum atomic E-state index is -0.225. The van der Waals surface area contributed by atoms with E-state index >= 15 is 0 Å². The number of Topliss-reactive ketones (excluding diaryl/α,β-unsaturated/α-hetero) is 1. The van der Waals surface area contributed by atoms with Crippen molar-refractivity contribution in [2.45, 2.75) is 12.8 Å². The summed E-state index contributed by atoms with van der Waals surface area (Å²) in [7, 11) is 0. The summed E-state index contributed by atoms with van der Waals surface area (Å²) < 4.78 is 10.4. The molecule has 5 heteroatoms. The van der Waals surface area contributed by atoms with E-state index in [1.54, 1.807) is 24.3 Å². The van der Waals surface area contributed by atoms with E-state index in [0.29, 0.717) is 12.2 Å². The molecule has 3 rings (SSSR count). The van der Waals surface area contributed by atoms with E-state index in [2.05, 4.69) is 5.32 Å². The van der Waals surface area contributed by atoms with Crippen LogP contribution in [0.15, 0.2) is 41.0 Å². The SMILES string of the molecule is O=C1CCc2ccc(OCC(=O)c3ccco3)cc2N1. The number of ketones is 1. The van der Waals surface area contributed by atoms with Gasteiger partial charge < -0.3 is 14.5 Å². The van der Waals surface area contributed by atoms with Crippen LogP contribution in [-0.2, 0) is 11.2 Å². The number of rotatable bonds is 4. The largest absolute Gasteiger partial charge is 0.485 e. The second kappa shape index (κ2) is 5.21. The van der Waals surface area contributed by atoms with Crippen molar-refractivity contribution in [3.05, 3.63) is 47.9 Å². The lowest BCUT2D eigenvalue weighted by atomic mass is 10.0. The molecule has 0 spiro atoms. The van der Waals surface area contributed by atoms with Gasteiger partial charge in [-0.15, -0.1) is 0 Å². The molecular formula is C15H13NO4. The molecule has 0 saturated heterocycles. The van der Waals surface area contributed by atoms with Crippen LogP contribution in [0.4, 0.5) is 5.69 Å². The highest BCUT2D eigenvalue weighted by Crippen LogP contribution is 2.27. The van der Waals surface area contributed by atoms with Gasteiger partial charge in [-0.05, 0) is 30.2 Å². The van der Waals surface area contributed by atoms with Gasteiger partial charge in [0.25, 0.3) is 0 Å². The van der Waals surface area contributed by atoms with Gasteiger partial charge in [-0.1, -0.05) is 6.07 Å². The number of ether oxygens (including phenoxy) is 1. The standard InChI is InChI=1S/C15H13NO4/c17-13(14-2-1-7-19-14)9-20-11-5-3-10-4-6-15(18)16-12(10)8-11/h1-3,5,7-8H,4,6,9H2,(H,16,18). The van der Waals surface area contributed by atoms with Crippen molar-refractivity contribution in [3.8, 4) is 5.75 Å². The number of amides is 1. The smallest absolute Gasteiger partial charge is 0.235 e. The maximum atomic E-state index is 11.7. The van der Waals surface area contributed by atoms with Crippen LogP contribution in [0.2, 0.25) is 0 Å². The van der Waals surface area contributed by atoms with Crippen molar-refractivity contribution in [1.82, 2.24) is 0 Å². The van der Waals surface area contributed by atoms with Gasteiger partial charge in [0.05, 0.1) is 6.26 Å². The topological polar surface area (TPSA) is 68.5 Å². The summed E-state index contributed by atoms with van der Waals surface area (Å²) >= 11 is 0. The molecule has 2 heterocycles. The van der Waals surface area contributed by atoms with Crippen molar-refractivity contribution in [2.24, 2.45) is 0 Å². The predicted octanol–water partition coefficient (Wildman–Crippen LogP) is 2.43. The third-order valence-electron chi connectivity index (χ3n) is 3.14. The lowest BCUT2D eigenvalue weighted by Gasteiger charge is -2.17. The molecule has 0 unspecified atom stereocenters. The first-order chi connectivity index (χ1) is 9.72. The van der Waals surface area contributed by atoms with Gasteiger partial charge in [0.15, 0.2) is 12.4 Å². The van der Waals surface area contributed by atoms with Crippen molar-refractivity contribution in [3.63, 3.8) is 0 Å². The molecule has 1 aromatic carbocycles. The zero-order valence-electron chi connectivity index (χ0n) is 10.7. The molecule has 1 N–H and O–H groups in total. The van der Waals surface area contributed by atoms with Gasteiger partial charge in [0.1, 0.15) is 5.75 Å². The summed E-state index contributed by atoms with van der Waals surface area (Å²) in [6.07, 6.45) is 2.68. The van der Waals surface area contributed by atoms with Crippen LogP contribution in [0.1, 0.15) is 22.5 Å². The Morgan fingerprint density at radius 1 is 1.30 bits per heavy atom. The Kier molecular flexibility index (Phi) is 3.25. The molecule has 0 bridgehead atoms. The first-order valence-corrected chi connectivity index (χ1v) is 6.34. The molecule has 0 atom stereocenters. The van der Waals surface area contributed by atoms with E-state index in [4.69, 9.17) is 9.15 Å². The Labute approximate surface area is 115 Å². The molecule has 102 valence electrons. The highest BCUT2D eigenvalue weighted by molar-refractivity contribution is 5.95. The zero-order chi connectivity index (χ0) is 13.9. The number of carbonyl (C=O) groups excluding carboxylic acids is 2. The molecule has 2 aromatic rings. The van der Waals surface area contributed by atoms with Crippen LogP contribution in [0, 0.1) is 0 Å². The third-order valence-corrected chi connectivity index (χ3v) is 3.14. The van der Waals surface area contributed by atoms with E-state index in [9.17, 15) is 9.59 Å². The maximum Gasteiger partial charge on any atom is 0.235 e. The fourth-order valence-corrected chi connectivity index (χ4v) is 2.10. The fourth-order valence-electron chi connectivity index (χ4n) is 2.10. The van der Waals surface area contributed by atoms with E-state index in [1.165, 1.54) is 6.26 Å². The quantitative estimate of drug-likeness (QED) is 0.867. The minimum Gasteiger partial charge on any atom is -0.485 e. The first-order valence-electron chi connectivity index (χ1n) is 6.34. The summed E-state index contributed by atoms with van der Waals surface area (Å²) in [6, 6.07) is 8.69. The summed E-state index contributed by atoms with van der Waals surface area (Å²) in [4.78, 5) is 23.1. The molecule has 0 fully saturated rings. The molecule has 1 aromatic heterocycles. The van der Waals surface area contributed by atoms with E-state index in [-0.39, 0.29) is 24.1 Å². The average Bonchev–Trinajstić information content (AvgIpc) is 2.98. The summed E-state index contributed by atoms with van der Waals surface area (Å²) in [5.74, 6) is 0.597. The lowest BCUT2D eigenvalue weighted by molar-refractivity contribution is -0.116. The van der Waals surface area contributed by atoms with E-state index < -0.39 is 0 Å². The number of nitrogens with one attached hydrogen (secondary N) is 1. The monoisotopic (exact) mass is 271 g/mol. The van der Waals surface area contributed by atoms with Crippen molar-refractivity contribution in [2.75, 3.05) is 11.9 Å². The Morgan fingerprint density at radius 3 is 3.00 bits per heavy atom. The Bertz CT molecular complexity index is 646. The van der Waals surface area contributed by atoms with Crippen molar-refractivity contribution in [1.29, 1.82) is 0 Å². The van der Waals surface area contributed by atoms with Gasteiger partial charge in [-0.2, -0.15) is 0 Å². The van der Waals surface area contributed by atoms with Crippen molar-refractivity contribution < 1.29 is 18.7 Å². The minimum absolute atomic E-state index is 0.00121. The second-order valence-electron chi connectivity index (χ2n) is 4.56. The number of carbonyl (C=O) groups is 2. The van der Waals surface area contributed by atoms with E-state index in [0.717, 1.165) is 17.7 Å². The van der Waals surface area contributed by atoms with Crippen molar-refractivity contribution >= 4 is 17.4 Å². The molecule has 0 saturated carbocycles. The van der Waals surface area contributed by atoms with Crippen LogP contribution >= 0.6 is 0 Å². The fraction of sp³-hybridized carbons (Fsp3) is 0.200. The zero-order valence-corrected chi connectivity index (χ0v) is 10.7. The molecular weight excluding hydrogens is 258 g/mol. The van der Waals surface area contributed by atoms with Crippen LogP contribution in [-0.4, -0.2) is 18.3 Å². The molecule has 0 aliphatic carbocycles. The van der Waals surface area contributed by atoms with Crippen LogP contribution < -0.4 is 10.1 Å². The van der Waals surface area contributed by atoms with Crippen LogP contribution in [0.3, 0.4) is 0 Å². The van der Waals surface area contributed by atoms with Gasteiger partial charge in [-0.25, -0.2) is 0 Å². The second-order valence-corrected chi connectivity index (χ2v) is 4.56. The van der Waals surface area contributed by atoms with Gasteiger partial charge in [0, 0.05) is 18.2 Å². The normalized spacial score (nSPS) is 13.5. The van der Waals surface area contributed by atoms with Gasteiger partial charge >= 0.3 is 0 Å². The number of hydrogen-bond acceptors (Lipinski definition) is 4. The molecule has 1 aliphatic heterocycles. The molecule has 20 heavy (non-hydrogen) atoms. The Hall–Kier alpha value is -2.56. The first kappa shape index (κ1) is 12.5. The number of benzene rings is 1. The maximum absolute atomic E-state index is 11.7. The summed E-state index contributed by atoms with van der Waals surface area (Å²) in [5, 5.41) is 2.79. The highest BCUT2D eigenvalue weighted by Gasteiger charge is 2.16. The predicted molar refractivity (Wildman–Crippen MR) is 71.9 cm³/mol. The molecule has 0 radical (unpaired) electrons. The summed E-state index contributed by atoms with van der Waals surface area (Å²) in [6.45, 7) is -0.0970. The lowest BCUT2D eigenvalue weighted by Crippen LogP contribution is -2.19. The summed E-state index contributed by atoms with van der Waals surface area (Å²) in [5.41, 5.74) is 1.83. The highest BCUT2D eigenvalue weighted by atomic mass is 16.5.